The van der Waals surface area contributed by atoms with Gasteiger partial charge in [0, 0.05) is 18.5 Å². The van der Waals surface area contributed by atoms with Crippen LogP contribution in [0.2, 0.25) is 0 Å². The molecule has 21 heavy (non-hydrogen) atoms. The van der Waals surface area contributed by atoms with Crippen LogP contribution in [0.25, 0.3) is 0 Å². The fourth-order valence-corrected chi connectivity index (χ4v) is 3.16. The zero-order valence-electron chi connectivity index (χ0n) is 11.6. The minimum atomic E-state index is 0.0151. The highest BCUT2D eigenvalue weighted by atomic mass is 16.5. The van der Waals surface area contributed by atoms with Crippen molar-refractivity contribution in [1.29, 1.82) is 0 Å². The van der Waals surface area contributed by atoms with E-state index in [1.54, 1.807) is 4.90 Å². The second kappa shape index (κ2) is 4.52. The van der Waals surface area contributed by atoms with Crippen molar-refractivity contribution in [3.05, 3.63) is 53.1 Å². The van der Waals surface area contributed by atoms with E-state index in [1.807, 2.05) is 36.4 Å². The van der Waals surface area contributed by atoms with Crippen molar-refractivity contribution in [2.45, 2.75) is 12.8 Å². The largest absolute Gasteiger partial charge is 0.493 e. The number of amides is 1. The number of para-hydroxylation sites is 1. The van der Waals surface area contributed by atoms with Gasteiger partial charge in [-0.05, 0) is 41.8 Å². The average molecular weight is 280 g/mol. The molecule has 2 heterocycles. The number of ether oxygens (including phenoxy) is 1. The zero-order chi connectivity index (χ0) is 14.4. The van der Waals surface area contributed by atoms with E-state index < -0.39 is 0 Å². The number of nitrogen functional groups attached to an aromatic ring is 1. The average Bonchev–Trinajstić information content (AvgIpc) is 3.13. The number of hydrogen-bond donors (Lipinski definition) is 1. The van der Waals surface area contributed by atoms with Gasteiger partial charge in [0.15, 0.2) is 0 Å². The number of fused-ring (bicyclic) bond motifs is 2. The van der Waals surface area contributed by atoms with Crippen LogP contribution in [0.4, 0.5) is 11.4 Å². The lowest BCUT2D eigenvalue weighted by Gasteiger charge is -2.19. The molecule has 0 bridgehead atoms. The van der Waals surface area contributed by atoms with Gasteiger partial charge in [0.25, 0.3) is 5.91 Å². The molecule has 2 aromatic carbocycles. The Morgan fingerprint density at radius 1 is 1.14 bits per heavy atom. The predicted molar refractivity (Wildman–Crippen MR) is 81.9 cm³/mol. The summed E-state index contributed by atoms with van der Waals surface area (Å²) in [6, 6.07) is 11.5. The van der Waals surface area contributed by atoms with Gasteiger partial charge in [-0.3, -0.25) is 4.79 Å². The standard InChI is InChI=1S/C17H16N2O2/c18-14-3-1-2-11-6-8-19(16(11)14)17(20)13-4-5-15-12(10-13)7-9-21-15/h1-5,10H,6-9,18H2. The van der Waals surface area contributed by atoms with E-state index in [0.29, 0.717) is 24.4 Å². The minimum Gasteiger partial charge on any atom is -0.493 e. The summed E-state index contributed by atoms with van der Waals surface area (Å²) >= 11 is 0. The number of benzene rings is 2. The molecule has 1 amide bonds. The molecule has 106 valence electrons. The topological polar surface area (TPSA) is 55.6 Å². The summed E-state index contributed by atoms with van der Waals surface area (Å²) in [5, 5.41) is 0. The molecule has 4 heteroatoms. The number of nitrogens with two attached hydrogens (primary N) is 1. The van der Waals surface area contributed by atoms with Crippen LogP contribution in [0.3, 0.4) is 0 Å². The van der Waals surface area contributed by atoms with E-state index in [4.69, 9.17) is 10.5 Å². The number of hydrogen-bond acceptors (Lipinski definition) is 3. The normalized spacial score (nSPS) is 15.5. The van der Waals surface area contributed by atoms with Crippen molar-refractivity contribution in [3.63, 3.8) is 0 Å². The van der Waals surface area contributed by atoms with Crippen LogP contribution in [-0.2, 0) is 12.8 Å². The molecule has 2 aliphatic heterocycles. The third-order valence-corrected chi connectivity index (χ3v) is 4.21. The monoisotopic (exact) mass is 280 g/mol. The molecule has 0 fully saturated rings. The molecule has 2 aromatic rings. The molecule has 2 N–H and O–H groups in total. The van der Waals surface area contributed by atoms with Gasteiger partial charge in [0.2, 0.25) is 0 Å². The molecule has 0 unspecified atom stereocenters. The number of rotatable bonds is 1. The minimum absolute atomic E-state index is 0.0151. The Bertz CT molecular complexity index is 740. The number of anilines is 2. The first-order chi connectivity index (χ1) is 10.2. The van der Waals surface area contributed by atoms with Crippen molar-refractivity contribution >= 4 is 17.3 Å². The predicted octanol–water partition coefficient (Wildman–Crippen LogP) is 2.41. The number of carbonyl (C=O) groups is 1. The first-order valence-corrected chi connectivity index (χ1v) is 7.19. The molecular weight excluding hydrogens is 264 g/mol. The Morgan fingerprint density at radius 2 is 2.05 bits per heavy atom. The third-order valence-electron chi connectivity index (χ3n) is 4.21. The summed E-state index contributed by atoms with van der Waals surface area (Å²) in [6.07, 6.45) is 1.73. The molecule has 4 rings (SSSR count). The lowest BCUT2D eigenvalue weighted by molar-refractivity contribution is 0.0989. The lowest BCUT2D eigenvalue weighted by Crippen LogP contribution is -2.29. The summed E-state index contributed by atoms with van der Waals surface area (Å²) in [7, 11) is 0. The smallest absolute Gasteiger partial charge is 0.258 e. The molecule has 0 aliphatic carbocycles. The van der Waals surface area contributed by atoms with E-state index in [-0.39, 0.29) is 5.91 Å². The van der Waals surface area contributed by atoms with Gasteiger partial charge in [0.05, 0.1) is 18.0 Å². The van der Waals surface area contributed by atoms with E-state index in [2.05, 4.69) is 0 Å². The van der Waals surface area contributed by atoms with E-state index in [9.17, 15) is 4.79 Å². The molecule has 0 spiro atoms. The molecular formula is C17H16N2O2. The van der Waals surface area contributed by atoms with Gasteiger partial charge in [-0.1, -0.05) is 12.1 Å². The number of carbonyl (C=O) groups excluding carboxylic acids is 1. The molecule has 0 saturated heterocycles. The van der Waals surface area contributed by atoms with Gasteiger partial charge < -0.3 is 15.4 Å². The second-order valence-corrected chi connectivity index (χ2v) is 5.48. The van der Waals surface area contributed by atoms with Gasteiger partial charge in [0.1, 0.15) is 5.75 Å². The Kier molecular flexibility index (Phi) is 2.64. The van der Waals surface area contributed by atoms with Crippen LogP contribution in [-0.4, -0.2) is 19.1 Å². The Morgan fingerprint density at radius 3 is 2.95 bits per heavy atom. The quantitative estimate of drug-likeness (QED) is 0.816. The van der Waals surface area contributed by atoms with Crippen LogP contribution < -0.4 is 15.4 Å². The van der Waals surface area contributed by atoms with Crippen molar-refractivity contribution in [3.8, 4) is 5.75 Å². The maximum absolute atomic E-state index is 12.8. The SMILES string of the molecule is Nc1cccc2c1N(C(=O)c1ccc3c(c1)CCO3)CC2. The molecule has 2 aliphatic rings. The van der Waals surface area contributed by atoms with E-state index >= 15 is 0 Å². The van der Waals surface area contributed by atoms with Crippen molar-refractivity contribution in [1.82, 2.24) is 0 Å². The zero-order valence-corrected chi connectivity index (χ0v) is 11.6. The molecule has 0 aromatic heterocycles. The van der Waals surface area contributed by atoms with E-state index in [1.165, 1.54) is 0 Å². The van der Waals surface area contributed by atoms with Crippen molar-refractivity contribution in [2.24, 2.45) is 0 Å². The van der Waals surface area contributed by atoms with Crippen molar-refractivity contribution < 1.29 is 9.53 Å². The van der Waals surface area contributed by atoms with Crippen LogP contribution in [0.1, 0.15) is 21.5 Å². The molecule has 4 nitrogen and oxygen atoms in total. The molecule has 0 saturated carbocycles. The summed E-state index contributed by atoms with van der Waals surface area (Å²) < 4.78 is 5.49. The summed E-state index contributed by atoms with van der Waals surface area (Å²) in [5.41, 5.74) is 10.6. The Hall–Kier alpha value is -2.49. The maximum Gasteiger partial charge on any atom is 0.258 e. The molecule has 0 radical (unpaired) electrons. The van der Waals surface area contributed by atoms with E-state index in [0.717, 1.165) is 35.4 Å². The summed E-state index contributed by atoms with van der Waals surface area (Å²) in [5.74, 6) is 0.911. The summed E-state index contributed by atoms with van der Waals surface area (Å²) in [6.45, 7) is 1.39. The lowest BCUT2D eigenvalue weighted by atomic mass is 10.1. The second-order valence-electron chi connectivity index (χ2n) is 5.48. The van der Waals surface area contributed by atoms with Gasteiger partial charge in [-0.2, -0.15) is 0 Å². The van der Waals surface area contributed by atoms with Crippen LogP contribution in [0, 0.1) is 0 Å². The highest BCUT2D eigenvalue weighted by Gasteiger charge is 2.28. The van der Waals surface area contributed by atoms with Crippen LogP contribution in [0.5, 0.6) is 5.75 Å². The van der Waals surface area contributed by atoms with Gasteiger partial charge in [-0.15, -0.1) is 0 Å². The third kappa shape index (κ3) is 1.87. The highest BCUT2D eigenvalue weighted by Crippen LogP contribution is 2.35. The molecule has 0 atom stereocenters. The first kappa shape index (κ1) is 12.3. The maximum atomic E-state index is 12.8. The van der Waals surface area contributed by atoms with Gasteiger partial charge >= 0.3 is 0 Å². The Balaban J connectivity index is 1.71. The Labute approximate surface area is 123 Å². The highest BCUT2D eigenvalue weighted by molar-refractivity contribution is 6.09. The first-order valence-electron chi connectivity index (χ1n) is 7.19. The number of nitrogens with zero attached hydrogens (tertiary/aromatic N) is 1. The summed E-state index contributed by atoms with van der Waals surface area (Å²) in [4.78, 5) is 14.6. The van der Waals surface area contributed by atoms with Crippen molar-refractivity contribution in [2.75, 3.05) is 23.8 Å². The van der Waals surface area contributed by atoms with Gasteiger partial charge in [-0.25, -0.2) is 0 Å². The fourth-order valence-electron chi connectivity index (χ4n) is 3.16. The fraction of sp³-hybridized carbons (Fsp3) is 0.235. The van der Waals surface area contributed by atoms with Crippen LogP contribution >= 0.6 is 0 Å². The van der Waals surface area contributed by atoms with Crippen LogP contribution in [0.15, 0.2) is 36.4 Å².